The second-order valence-electron chi connectivity index (χ2n) is 7.46. The van der Waals surface area contributed by atoms with Gasteiger partial charge in [-0.3, -0.25) is 9.59 Å². The number of nitrogens with one attached hydrogen (secondary N) is 1. The predicted molar refractivity (Wildman–Crippen MR) is 99.1 cm³/mol. The maximum atomic E-state index is 14.6. The zero-order chi connectivity index (χ0) is 19.1. The fourth-order valence-corrected chi connectivity index (χ4v) is 3.72. The van der Waals surface area contributed by atoms with E-state index in [0.29, 0.717) is 24.3 Å². The van der Waals surface area contributed by atoms with Gasteiger partial charge in [-0.1, -0.05) is 0 Å². The highest BCUT2D eigenvalue weighted by atomic mass is 19.1. The summed E-state index contributed by atoms with van der Waals surface area (Å²) in [4.78, 5) is 26.7. The summed E-state index contributed by atoms with van der Waals surface area (Å²) in [6.45, 7) is 4.34. The normalized spacial score (nSPS) is 19.4. The Morgan fingerprint density at radius 3 is 2.59 bits per heavy atom. The van der Waals surface area contributed by atoms with Gasteiger partial charge in [-0.05, 0) is 63.8 Å². The molecule has 1 aliphatic carbocycles. The van der Waals surface area contributed by atoms with Crippen molar-refractivity contribution in [3.63, 3.8) is 0 Å². The molecule has 2 aromatic rings. The molecule has 7 heteroatoms. The molecule has 2 fully saturated rings. The lowest BCUT2D eigenvalue weighted by Gasteiger charge is -2.24. The average molecular weight is 370 g/mol. The molecule has 142 valence electrons. The lowest BCUT2D eigenvalue weighted by Crippen LogP contribution is -2.43. The number of rotatable bonds is 4. The van der Waals surface area contributed by atoms with Crippen LogP contribution < -0.4 is 5.32 Å². The zero-order valence-corrected chi connectivity index (χ0v) is 15.5. The number of nitrogens with zero attached hydrogens (tertiary/aromatic N) is 3. The molecule has 1 unspecified atom stereocenters. The lowest BCUT2D eigenvalue weighted by atomic mass is 10.2. The largest absolute Gasteiger partial charge is 0.330 e. The van der Waals surface area contributed by atoms with E-state index in [-0.39, 0.29) is 17.7 Å². The molecule has 27 heavy (non-hydrogen) atoms. The number of halogens is 1. The molecule has 1 saturated heterocycles. The minimum atomic E-state index is -0.462. The molecule has 2 heterocycles. The van der Waals surface area contributed by atoms with Crippen LogP contribution >= 0.6 is 0 Å². The van der Waals surface area contributed by atoms with Crippen molar-refractivity contribution >= 4 is 17.5 Å². The van der Waals surface area contributed by atoms with E-state index in [9.17, 15) is 14.0 Å². The van der Waals surface area contributed by atoms with Crippen LogP contribution in [0.4, 0.5) is 10.1 Å². The summed E-state index contributed by atoms with van der Waals surface area (Å²) in [5.74, 6) is -0.536. The van der Waals surface area contributed by atoms with Crippen LogP contribution in [0.2, 0.25) is 0 Å². The van der Waals surface area contributed by atoms with Gasteiger partial charge in [0.2, 0.25) is 11.8 Å². The van der Waals surface area contributed by atoms with E-state index in [1.165, 1.54) is 6.07 Å². The molecular weight excluding hydrogens is 347 g/mol. The molecule has 0 bridgehead atoms. The van der Waals surface area contributed by atoms with Gasteiger partial charge < -0.3 is 10.2 Å². The Morgan fingerprint density at radius 1 is 1.19 bits per heavy atom. The Hall–Kier alpha value is -2.70. The second-order valence-corrected chi connectivity index (χ2v) is 7.46. The van der Waals surface area contributed by atoms with Crippen LogP contribution in [0.25, 0.3) is 5.69 Å². The topological polar surface area (TPSA) is 67.2 Å². The van der Waals surface area contributed by atoms with E-state index in [1.807, 2.05) is 19.9 Å². The van der Waals surface area contributed by atoms with Crippen LogP contribution in [-0.2, 0) is 9.59 Å². The van der Waals surface area contributed by atoms with Gasteiger partial charge in [-0.15, -0.1) is 0 Å². The zero-order valence-electron chi connectivity index (χ0n) is 15.5. The summed E-state index contributed by atoms with van der Waals surface area (Å²) in [5.41, 5.74) is 2.37. The monoisotopic (exact) mass is 370 g/mol. The number of likely N-dealkylation sites (tertiary alicyclic amines) is 1. The number of benzene rings is 1. The number of amides is 2. The first-order valence-electron chi connectivity index (χ1n) is 9.38. The molecule has 1 aliphatic heterocycles. The number of anilines is 1. The lowest BCUT2D eigenvalue weighted by molar-refractivity contribution is -0.137. The molecule has 4 rings (SSSR count). The van der Waals surface area contributed by atoms with E-state index >= 15 is 0 Å². The van der Waals surface area contributed by atoms with Crippen LogP contribution in [-0.4, -0.2) is 39.1 Å². The van der Waals surface area contributed by atoms with Gasteiger partial charge in [0.05, 0.1) is 5.69 Å². The Morgan fingerprint density at radius 2 is 1.96 bits per heavy atom. The van der Waals surface area contributed by atoms with Crippen molar-refractivity contribution in [3.05, 3.63) is 41.5 Å². The maximum absolute atomic E-state index is 14.6. The van der Waals surface area contributed by atoms with Gasteiger partial charge in [0.25, 0.3) is 0 Å². The number of hydrogen-bond acceptors (Lipinski definition) is 3. The highest BCUT2D eigenvalue weighted by Crippen LogP contribution is 2.34. The van der Waals surface area contributed by atoms with Crippen LogP contribution in [0.1, 0.15) is 37.1 Å². The van der Waals surface area contributed by atoms with E-state index in [1.54, 1.807) is 21.7 Å². The predicted octanol–water partition coefficient (Wildman–Crippen LogP) is 2.97. The third kappa shape index (κ3) is 3.46. The summed E-state index contributed by atoms with van der Waals surface area (Å²) in [7, 11) is 0. The average Bonchev–Trinajstić information content (AvgIpc) is 3.25. The molecule has 0 spiro atoms. The quantitative estimate of drug-likeness (QED) is 0.900. The number of aromatic nitrogens is 2. The number of aryl methyl sites for hydroxylation is 2. The van der Waals surface area contributed by atoms with E-state index in [2.05, 4.69) is 10.4 Å². The van der Waals surface area contributed by atoms with Crippen molar-refractivity contribution < 1.29 is 14.0 Å². The van der Waals surface area contributed by atoms with Crippen LogP contribution in [0, 0.1) is 25.6 Å². The summed E-state index contributed by atoms with van der Waals surface area (Å²) in [6, 6.07) is 5.98. The Bertz CT molecular complexity index is 903. The van der Waals surface area contributed by atoms with E-state index < -0.39 is 11.9 Å². The van der Waals surface area contributed by atoms with Gasteiger partial charge in [-0.25, -0.2) is 9.07 Å². The Labute approximate surface area is 157 Å². The molecule has 1 saturated carbocycles. The summed E-state index contributed by atoms with van der Waals surface area (Å²) in [6.07, 6.45) is 3.31. The minimum Gasteiger partial charge on any atom is -0.330 e. The van der Waals surface area contributed by atoms with Crippen molar-refractivity contribution in [3.8, 4) is 5.69 Å². The molecule has 1 aromatic carbocycles. The van der Waals surface area contributed by atoms with Crippen molar-refractivity contribution in [2.45, 2.75) is 45.6 Å². The van der Waals surface area contributed by atoms with Gasteiger partial charge >= 0.3 is 0 Å². The molecular formula is C20H23FN4O2. The molecule has 2 aliphatic rings. The molecule has 2 amide bonds. The van der Waals surface area contributed by atoms with Crippen molar-refractivity contribution in [1.82, 2.24) is 14.7 Å². The first kappa shape index (κ1) is 17.7. The smallest absolute Gasteiger partial charge is 0.247 e. The highest BCUT2D eigenvalue weighted by Gasteiger charge is 2.40. The SMILES string of the molecule is Cc1cc(C)n(-c2ccc(NC(=O)C3CCCN3C(=O)C3CC3)cc2F)n1. The van der Waals surface area contributed by atoms with Gasteiger partial charge in [0.1, 0.15) is 11.7 Å². The first-order valence-corrected chi connectivity index (χ1v) is 9.38. The van der Waals surface area contributed by atoms with Crippen molar-refractivity contribution in [2.24, 2.45) is 5.92 Å². The fraction of sp³-hybridized carbons (Fsp3) is 0.450. The van der Waals surface area contributed by atoms with Crippen molar-refractivity contribution in [1.29, 1.82) is 0 Å². The van der Waals surface area contributed by atoms with Crippen molar-refractivity contribution in [2.75, 3.05) is 11.9 Å². The van der Waals surface area contributed by atoms with Gasteiger partial charge in [0.15, 0.2) is 5.82 Å². The van der Waals surface area contributed by atoms with E-state index in [0.717, 1.165) is 30.7 Å². The summed E-state index contributed by atoms with van der Waals surface area (Å²) >= 11 is 0. The highest BCUT2D eigenvalue weighted by molar-refractivity contribution is 5.98. The molecule has 1 atom stereocenters. The van der Waals surface area contributed by atoms with Gasteiger partial charge in [-0.2, -0.15) is 5.10 Å². The summed E-state index contributed by atoms with van der Waals surface area (Å²) in [5, 5.41) is 7.06. The second kappa shape index (κ2) is 6.79. The first-order chi connectivity index (χ1) is 12.9. The molecule has 0 radical (unpaired) electrons. The summed E-state index contributed by atoms with van der Waals surface area (Å²) < 4.78 is 16.1. The van der Waals surface area contributed by atoms with Gasteiger partial charge in [0, 0.05) is 23.8 Å². The van der Waals surface area contributed by atoms with E-state index in [4.69, 9.17) is 0 Å². The third-order valence-corrected chi connectivity index (χ3v) is 5.22. The number of carbonyl (C=O) groups is 2. The minimum absolute atomic E-state index is 0.0821. The molecule has 1 N–H and O–H groups in total. The van der Waals surface area contributed by atoms with Crippen LogP contribution in [0.5, 0.6) is 0 Å². The molecule has 6 nitrogen and oxygen atoms in total. The maximum Gasteiger partial charge on any atom is 0.247 e. The third-order valence-electron chi connectivity index (χ3n) is 5.22. The Balaban J connectivity index is 1.49. The van der Waals surface area contributed by atoms with Crippen LogP contribution in [0.3, 0.4) is 0 Å². The Kier molecular flexibility index (Phi) is 4.45. The fourth-order valence-electron chi connectivity index (χ4n) is 3.72. The standard InChI is InChI=1S/C20H23FN4O2/c1-12-10-13(2)25(23-12)17-8-7-15(11-16(17)21)22-19(26)18-4-3-9-24(18)20(27)14-5-6-14/h7-8,10-11,14,18H,3-6,9H2,1-2H3,(H,22,26). The number of hydrogen-bond donors (Lipinski definition) is 1. The van der Waals surface area contributed by atoms with Crippen LogP contribution in [0.15, 0.2) is 24.3 Å². The number of carbonyl (C=O) groups excluding carboxylic acids is 2. The molecule has 1 aromatic heterocycles.